The van der Waals surface area contributed by atoms with E-state index in [4.69, 9.17) is 11.6 Å². The summed E-state index contributed by atoms with van der Waals surface area (Å²) in [5.41, 5.74) is 1.95. The minimum absolute atomic E-state index is 0.192. The second-order valence-electron chi connectivity index (χ2n) is 4.87. The van der Waals surface area contributed by atoms with Crippen LogP contribution in [0.5, 0.6) is 0 Å². The summed E-state index contributed by atoms with van der Waals surface area (Å²) in [6.45, 7) is 11.7. The number of rotatable bonds is 9. The summed E-state index contributed by atoms with van der Waals surface area (Å²) in [7, 11) is 0. The quantitative estimate of drug-likeness (QED) is 0.712. The number of carbonyl (C=O) groups is 1. The molecular weight excluding hydrogens is 288 g/mol. The number of nitrogens with one attached hydrogen (secondary N) is 1. The van der Waals surface area contributed by atoms with Gasteiger partial charge in [-0.1, -0.05) is 18.5 Å². The molecule has 1 N–H and O–H groups in total. The Hall–Kier alpha value is -1.07. The number of aryl methyl sites for hydroxylation is 2. The molecule has 120 valence electrons. The van der Waals surface area contributed by atoms with Crippen LogP contribution in [-0.4, -0.2) is 40.2 Å². The molecule has 0 bridgehead atoms. The van der Waals surface area contributed by atoms with Gasteiger partial charge in [-0.3, -0.25) is 9.48 Å². The van der Waals surface area contributed by atoms with E-state index in [1.165, 1.54) is 0 Å². The molecule has 1 rings (SSSR count). The third kappa shape index (κ3) is 4.71. The lowest BCUT2D eigenvalue weighted by molar-refractivity contribution is -0.130. The average Bonchev–Trinajstić information content (AvgIpc) is 2.80. The van der Waals surface area contributed by atoms with E-state index < -0.39 is 0 Å². The van der Waals surface area contributed by atoms with Crippen molar-refractivity contribution >= 4 is 17.5 Å². The molecular formula is C15H27ClN4O. The molecule has 1 aromatic heterocycles. The summed E-state index contributed by atoms with van der Waals surface area (Å²) in [5, 5.41) is 8.53. The topological polar surface area (TPSA) is 50.2 Å². The van der Waals surface area contributed by atoms with E-state index in [2.05, 4.69) is 17.3 Å². The van der Waals surface area contributed by atoms with E-state index in [9.17, 15) is 4.79 Å². The Kier molecular flexibility index (Phi) is 7.75. The first-order valence-corrected chi connectivity index (χ1v) is 8.19. The van der Waals surface area contributed by atoms with Crippen LogP contribution < -0.4 is 5.32 Å². The van der Waals surface area contributed by atoms with E-state index in [1.54, 1.807) is 0 Å². The van der Waals surface area contributed by atoms with Crippen LogP contribution in [0.3, 0.4) is 0 Å². The number of halogens is 1. The van der Waals surface area contributed by atoms with Gasteiger partial charge in [0.1, 0.15) is 0 Å². The van der Waals surface area contributed by atoms with Crippen LogP contribution in [-0.2, 0) is 24.3 Å². The second-order valence-corrected chi connectivity index (χ2v) is 5.25. The molecule has 0 fully saturated rings. The lowest BCUT2D eigenvalue weighted by Gasteiger charge is -2.18. The van der Waals surface area contributed by atoms with Gasteiger partial charge in [0.05, 0.1) is 16.4 Å². The maximum Gasteiger partial charge on any atom is 0.223 e. The molecule has 1 heterocycles. The molecule has 0 radical (unpaired) electrons. The van der Waals surface area contributed by atoms with Crippen molar-refractivity contribution in [3.63, 3.8) is 0 Å². The molecule has 0 aliphatic heterocycles. The number of amides is 1. The third-order valence-electron chi connectivity index (χ3n) is 3.62. The zero-order valence-corrected chi connectivity index (χ0v) is 14.3. The molecule has 0 spiro atoms. The smallest absolute Gasteiger partial charge is 0.223 e. The fourth-order valence-electron chi connectivity index (χ4n) is 2.32. The van der Waals surface area contributed by atoms with Gasteiger partial charge in [-0.15, -0.1) is 0 Å². The molecule has 0 unspecified atom stereocenters. The Morgan fingerprint density at radius 2 is 1.95 bits per heavy atom. The zero-order chi connectivity index (χ0) is 15.8. The molecule has 0 atom stereocenters. The van der Waals surface area contributed by atoms with Crippen LogP contribution in [0.15, 0.2) is 0 Å². The summed E-state index contributed by atoms with van der Waals surface area (Å²) in [4.78, 5) is 13.7. The molecule has 21 heavy (non-hydrogen) atoms. The van der Waals surface area contributed by atoms with Crippen molar-refractivity contribution in [3.8, 4) is 0 Å². The first-order valence-electron chi connectivity index (χ1n) is 7.81. The molecule has 0 aromatic carbocycles. The van der Waals surface area contributed by atoms with Gasteiger partial charge in [0, 0.05) is 39.1 Å². The van der Waals surface area contributed by atoms with Crippen LogP contribution in [0.1, 0.15) is 45.5 Å². The minimum Gasteiger partial charge on any atom is -0.343 e. The number of aromatic nitrogens is 2. The van der Waals surface area contributed by atoms with Gasteiger partial charge in [0.25, 0.3) is 0 Å². The molecule has 0 saturated heterocycles. The van der Waals surface area contributed by atoms with Gasteiger partial charge in [0.2, 0.25) is 5.91 Å². The highest BCUT2D eigenvalue weighted by molar-refractivity contribution is 6.31. The van der Waals surface area contributed by atoms with Gasteiger partial charge >= 0.3 is 0 Å². The van der Waals surface area contributed by atoms with Crippen molar-refractivity contribution in [3.05, 3.63) is 16.4 Å². The Morgan fingerprint density at radius 3 is 2.48 bits per heavy atom. The number of hydrogen-bond donors (Lipinski definition) is 1. The predicted molar refractivity (Wildman–Crippen MR) is 86.5 cm³/mol. The number of nitrogens with zero attached hydrogens (tertiary/aromatic N) is 3. The number of carbonyl (C=O) groups excluding carboxylic acids is 1. The van der Waals surface area contributed by atoms with Crippen molar-refractivity contribution in [2.24, 2.45) is 0 Å². The van der Waals surface area contributed by atoms with Gasteiger partial charge in [-0.2, -0.15) is 5.10 Å². The van der Waals surface area contributed by atoms with Crippen molar-refractivity contribution in [1.82, 2.24) is 20.0 Å². The van der Waals surface area contributed by atoms with Gasteiger partial charge in [-0.25, -0.2) is 0 Å². The average molecular weight is 315 g/mol. The Labute approximate surface area is 132 Å². The monoisotopic (exact) mass is 314 g/mol. The highest BCUT2D eigenvalue weighted by Crippen LogP contribution is 2.21. The van der Waals surface area contributed by atoms with Crippen LogP contribution in [0.2, 0.25) is 5.02 Å². The highest BCUT2D eigenvalue weighted by atomic mass is 35.5. The van der Waals surface area contributed by atoms with Crippen molar-refractivity contribution < 1.29 is 4.79 Å². The molecule has 0 aliphatic rings. The van der Waals surface area contributed by atoms with Crippen molar-refractivity contribution in [2.75, 3.05) is 19.6 Å². The summed E-state index contributed by atoms with van der Waals surface area (Å²) in [6, 6.07) is 0. The fraction of sp³-hybridized carbons (Fsp3) is 0.733. The Balaban J connectivity index is 2.49. The minimum atomic E-state index is 0.192. The van der Waals surface area contributed by atoms with Crippen LogP contribution in [0, 0.1) is 0 Å². The SMILES string of the molecule is CCc1nn(CC)c(CNCCC(=O)N(CC)CC)c1Cl. The third-order valence-corrected chi connectivity index (χ3v) is 4.05. The zero-order valence-electron chi connectivity index (χ0n) is 13.6. The maximum absolute atomic E-state index is 11.9. The number of hydrogen-bond acceptors (Lipinski definition) is 3. The lowest BCUT2D eigenvalue weighted by Crippen LogP contribution is -2.32. The summed E-state index contributed by atoms with van der Waals surface area (Å²) < 4.78 is 1.93. The van der Waals surface area contributed by atoms with Crippen LogP contribution in [0.25, 0.3) is 0 Å². The van der Waals surface area contributed by atoms with E-state index in [1.807, 2.05) is 30.4 Å². The summed E-state index contributed by atoms with van der Waals surface area (Å²) in [6.07, 6.45) is 1.35. The summed E-state index contributed by atoms with van der Waals surface area (Å²) >= 11 is 6.35. The molecule has 5 nitrogen and oxygen atoms in total. The van der Waals surface area contributed by atoms with Gasteiger partial charge in [0.15, 0.2) is 0 Å². The maximum atomic E-state index is 11.9. The second kappa shape index (κ2) is 9.05. The summed E-state index contributed by atoms with van der Waals surface area (Å²) in [5.74, 6) is 0.192. The fourth-order valence-corrected chi connectivity index (χ4v) is 2.66. The van der Waals surface area contributed by atoms with Crippen LogP contribution in [0.4, 0.5) is 0 Å². The normalized spacial score (nSPS) is 10.9. The molecule has 1 aromatic rings. The standard InChI is InChI=1S/C15H27ClN4O/c1-5-12-15(16)13(20(8-4)18-12)11-17-10-9-14(21)19(6-2)7-3/h17H,5-11H2,1-4H3. The van der Waals surface area contributed by atoms with Crippen LogP contribution >= 0.6 is 11.6 Å². The molecule has 6 heteroatoms. The lowest BCUT2D eigenvalue weighted by atomic mass is 10.3. The van der Waals surface area contributed by atoms with E-state index in [0.717, 1.165) is 42.5 Å². The Bertz CT molecular complexity index is 455. The molecule has 1 amide bonds. The molecule has 0 saturated carbocycles. The van der Waals surface area contributed by atoms with Gasteiger partial charge < -0.3 is 10.2 Å². The first kappa shape index (κ1) is 18.0. The Morgan fingerprint density at radius 1 is 1.29 bits per heavy atom. The van der Waals surface area contributed by atoms with Gasteiger partial charge in [-0.05, 0) is 27.2 Å². The largest absolute Gasteiger partial charge is 0.343 e. The first-order chi connectivity index (χ1) is 10.1. The van der Waals surface area contributed by atoms with Crippen molar-refractivity contribution in [2.45, 2.75) is 53.6 Å². The highest BCUT2D eigenvalue weighted by Gasteiger charge is 2.14. The van der Waals surface area contributed by atoms with E-state index in [-0.39, 0.29) is 5.91 Å². The van der Waals surface area contributed by atoms with E-state index in [0.29, 0.717) is 19.5 Å². The van der Waals surface area contributed by atoms with Crippen molar-refractivity contribution in [1.29, 1.82) is 0 Å². The van der Waals surface area contributed by atoms with E-state index >= 15 is 0 Å². The predicted octanol–water partition coefficient (Wildman–Crippen LogP) is 2.47. The molecule has 0 aliphatic carbocycles.